The zero-order valence-electron chi connectivity index (χ0n) is 19.3. The van der Waals surface area contributed by atoms with Gasteiger partial charge in [0, 0.05) is 38.1 Å². The Morgan fingerprint density at radius 3 is 2.26 bits per heavy atom. The molecule has 1 unspecified atom stereocenters. The van der Waals surface area contributed by atoms with Gasteiger partial charge in [-0.25, -0.2) is 0 Å². The molecule has 0 bridgehead atoms. The van der Waals surface area contributed by atoms with Crippen LogP contribution in [0.15, 0.2) is 48.5 Å². The van der Waals surface area contributed by atoms with Crippen molar-refractivity contribution in [2.75, 3.05) is 19.6 Å². The van der Waals surface area contributed by atoms with Crippen molar-refractivity contribution in [3.63, 3.8) is 0 Å². The van der Waals surface area contributed by atoms with Gasteiger partial charge in [-0.05, 0) is 78.7 Å². The molecular formula is C28H31F3N2O. The average molecular weight is 469 g/mol. The Kier molecular flexibility index (Phi) is 5.47. The largest absolute Gasteiger partial charge is 0.416 e. The highest BCUT2D eigenvalue weighted by atomic mass is 19.4. The van der Waals surface area contributed by atoms with Crippen LogP contribution in [0.3, 0.4) is 0 Å². The predicted octanol–water partition coefficient (Wildman–Crippen LogP) is 5.49. The molecule has 34 heavy (non-hydrogen) atoms. The first-order valence-electron chi connectivity index (χ1n) is 12.7. The summed E-state index contributed by atoms with van der Waals surface area (Å²) in [5.74, 6) is 1.77. The van der Waals surface area contributed by atoms with Crippen LogP contribution in [0.25, 0.3) is 0 Å². The molecule has 3 fully saturated rings. The third-order valence-corrected chi connectivity index (χ3v) is 8.85. The van der Waals surface area contributed by atoms with Crippen LogP contribution in [0.5, 0.6) is 0 Å². The predicted molar refractivity (Wildman–Crippen MR) is 124 cm³/mol. The first-order chi connectivity index (χ1) is 16.4. The minimum atomic E-state index is -4.35. The lowest BCUT2D eigenvalue weighted by Gasteiger charge is -2.36. The summed E-state index contributed by atoms with van der Waals surface area (Å²) in [5.41, 5.74) is 2.42. The van der Waals surface area contributed by atoms with E-state index in [0.717, 1.165) is 24.7 Å². The Balaban J connectivity index is 1.02. The molecule has 3 atom stereocenters. The number of piperidine rings is 1. The number of benzene rings is 2. The molecule has 2 heterocycles. The molecule has 0 N–H and O–H groups in total. The maximum absolute atomic E-state index is 13.2. The van der Waals surface area contributed by atoms with Crippen molar-refractivity contribution < 1.29 is 18.0 Å². The van der Waals surface area contributed by atoms with Crippen molar-refractivity contribution in [3.8, 4) is 0 Å². The highest BCUT2D eigenvalue weighted by molar-refractivity contribution is 5.83. The van der Waals surface area contributed by atoms with Crippen molar-refractivity contribution in [2.45, 2.75) is 56.8 Å². The molecular weight excluding hydrogens is 437 g/mol. The van der Waals surface area contributed by atoms with Gasteiger partial charge in [-0.2, -0.15) is 13.2 Å². The Hall–Kier alpha value is -2.34. The Morgan fingerprint density at radius 1 is 0.882 bits per heavy atom. The van der Waals surface area contributed by atoms with E-state index >= 15 is 0 Å². The van der Waals surface area contributed by atoms with Crippen LogP contribution in [-0.4, -0.2) is 41.4 Å². The summed E-state index contributed by atoms with van der Waals surface area (Å²) in [4.78, 5) is 17.7. The highest BCUT2D eigenvalue weighted by Gasteiger charge is 2.60. The van der Waals surface area contributed by atoms with E-state index in [1.54, 1.807) is 11.0 Å². The lowest BCUT2D eigenvalue weighted by molar-refractivity contribution is -0.137. The molecule has 1 amide bonds. The molecule has 3 nitrogen and oxygen atoms in total. The van der Waals surface area contributed by atoms with Gasteiger partial charge >= 0.3 is 6.18 Å². The molecule has 2 aromatic carbocycles. The normalized spacial score (nSPS) is 31.1. The second-order valence-corrected chi connectivity index (χ2v) is 10.7. The van der Waals surface area contributed by atoms with Crippen LogP contribution < -0.4 is 0 Å². The van der Waals surface area contributed by atoms with Gasteiger partial charge in [-0.1, -0.05) is 36.4 Å². The molecule has 4 aliphatic rings. The monoisotopic (exact) mass is 468 g/mol. The fraction of sp³-hybridized carbons (Fsp3) is 0.536. The number of carbonyl (C=O) groups excluding carboxylic acids is 1. The first-order valence-corrected chi connectivity index (χ1v) is 12.7. The summed E-state index contributed by atoms with van der Waals surface area (Å²) in [6.45, 7) is 2.93. The van der Waals surface area contributed by atoms with Crippen LogP contribution in [0.4, 0.5) is 13.2 Å². The van der Waals surface area contributed by atoms with Gasteiger partial charge in [0.05, 0.1) is 5.56 Å². The standard InChI is InChI=1S/C28H31F3N2O/c29-28(30,31)22-9-6-20-12-13-32(15-21(20)14-22)27(34)26-24-16-33(17-25(24)26)23-10-7-19(8-11-23)18-4-2-1-3-5-18/h1-6,9,14,19,23-26H,7-8,10-13,15-17H2/t19?,23?,24-,25+,26?. The quantitative estimate of drug-likeness (QED) is 0.594. The van der Waals surface area contributed by atoms with Crippen LogP contribution >= 0.6 is 0 Å². The van der Waals surface area contributed by atoms with Crippen molar-refractivity contribution in [3.05, 3.63) is 70.8 Å². The van der Waals surface area contributed by atoms with Gasteiger partial charge in [-0.15, -0.1) is 0 Å². The third-order valence-electron chi connectivity index (χ3n) is 8.85. The van der Waals surface area contributed by atoms with E-state index in [0.29, 0.717) is 48.9 Å². The Bertz CT molecular complexity index is 1050. The second-order valence-electron chi connectivity index (χ2n) is 10.7. The molecule has 0 radical (unpaired) electrons. The second kappa shape index (κ2) is 8.40. The van der Waals surface area contributed by atoms with Gasteiger partial charge in [0.15, 0.2) is 0 Å². The molecule has 1 saturated heterocycles. The minimum Gasteiger partial charge on any atom is -0.338 e. The summed E-state index contributed by atoms with van der Waals surface area (Å²) in [7, 11) is 0. The number of nitrogens with zero attached hydrogens (tertiary/aromatic N) is 2. The molecule has 6 heteroatoms. The number of amides is 1. The minimum absolute atomic E-state index is 0.0734. The molecule has 180 valence electrons. The first kappa shape index (κ1) is 22.1. The molecule has 2 saturated carbocycles. The molecule has 2 aliphatic carbocycles. The van der Waals surface area contributed by atoms with Gasteiger partial charge in [0.1, 0.15) is 0 Å². The lowest BCUT2D eigenvalue weighted by Crippen LogP contribution is -2.41. The number of rotatable bonds is 3. The Labute approximate surface area is 198 Å². The molecule has 2 aromatic rings. The maximum Gasteiger partial charge on any atom is 0.416 e. The van der Waals surface area contributed by atoms with Crippen molar-refractivity contribution in [1.29, 1.82) is 0 Å². The van der Waals surface area contributed by atoms with E-state index in [4.69, 9.17) is 0 Å². The van der Waals surface area contributed by atoms with E-state index in [-0.39, 0.29) is 11.8 Å². The summed E-state index contributed by atoms with van der Waals surface area (Å²) in [6.07, 6.45) is 1.20. The number of likely N-dealkylation sites (tertiary alicyclic amines) is 1. The van der Waals surface area contributed by atoms with E-state index < -0.39 is 11.7 Å². The average Bonchev–Trinajstić information content (AvgIpc) is 3.35. The van der Waals surface area contributed by atoms with Gasteiger partial charge in [0.25, 0.3) is 0 Å². The maximum atomic E-state index is 13.2. The number of hydrogen-bond donors (Lipinski definition) is 0. The summed E-state index contributed by atoms with van der Waals surface area (Å²) >= 11 is 0. The fourth-order valence-electron chi connectivity index (χ4n) is 6.86. The SMILES string of the molecule is O=C(C1[C@H]2CN(C3CCC(c4ccccc4)CC3)C[C@@H]12)N1CCc2ccc(C(F)(F)F)cc2C1. The van der Waals surface area contributed by atoms with Crippen LogP contribution in [-0.2, 0) is 23.9 Å². The molecule has 6 rings (SSSR count). The van der Waals surface area contributed by atoms with Crippen molar-refractivity contribution >= 4 is 5.91 Å². The van der Waals surface area contributed by atoms with E-state index in [2.05, 4.69) is 35.2 Å². The van der Waals surface area contributed by atoms with Crippen LogP contribution in [0.2, 0.25) is 0 Å². The van der Waals surface area contributed by atoms with E-state index in [9.17, 15) is 18.0 Å². The van der Waals surface area contributed by atoms with E-state index in [1.165, 1.54) is 37.3 Å². The van der Waals surface area contributed by atoms with Crippen molar-refractivity contribution in [2.24, 2.45) is 17.8 Å². The molecule has 0 aromatic heterocycles. The number of carbonyl (C=O) groups is 1. The fourth-order valence-corrected chi connectivity index (χ4v) is 6.86. The van der Waals surface area contributed by atoms with Crippen molar-refractivity contribution in [1.82, 2.24) is 9.80 Å². The summed E-state index contributed by atoms with van der Waals surface area (Å²) in [6, 6.07) is 15.4. The molecule has 0 spiro atoms. The smallest absolute Gasteiger partial charge is 0.338 e. The Morgan fingerprint density at radius 2 is 1.59 bits per heavy atom. The lowest BCUT2D eigenvalue weighted by atomic mass is 9.81. The number of alkyl halides is 3. The number of halogens is 3. The third kappa shape index (κ3) is 4.04. The van der Waals surface area contributed by atoms with Gasteiger partial charge in [0.2, 0.25) is 5.91 Å². The molecule has 2 aliphatic heterocycles. The topological polar surface area (TPSA) is 23.6 Å². The highest BCUT2D eigenvalue weighted by Crippen LogP contribution is 2.54. The van der Waals surface area contributed by atoms with Gasteiger partial charge in [-0.3, -0.25) is 9.69 Å². The van der Waals surface area contributed by atoms with Crippen LogP contribution in [0, 0.1) is 17.8 Å². The van der Waals surface area contributed by atoms with Gasteiger partial charge < -0.3 is 4.90 Å². The number of fused-ring (bicyclic) bond motifs is 2. The number of hydrogen-bond acceptors (Lipinski definition) is 2. The zero-order chi connectivity index (χ0) is 23.4. The van der Waals surface area contributed by atoms with E-state index in [1.807, 2.05) is 0 Å². The summed E-state index contributed by atoms with van der Waals surface area (Å²) in [5, 5.41) is 0. The van der Waals surface area contributed by atoms with Crippen LogP contribution in [0.1, 0.15) is 53.9 Å². The zero-order valence-corrected chi connectivity index (χ0v) is 19.3. The summed E-state index contributed by atoms with van der Waals surface area (Å²) < 4.78 is 39.4.